The van der Waals surface area contributed by atoms with E-state index < -0.39 is 0 Å². The molecule has 0 saturated heterocycles. The van der Waals surface area contributed by atoms with Crippen LogP contribution in [0.5, 0.6) is 0 Å². The lowest BCUT2D eigenvalue weighted by atomic mass is 10.2. The summed E-state index contributed by atoms with van der Waals surface area (Å²) in [7, 11) is 0. The molecule has 0 aliphatic carbocycles. The Balaban J connectivity index is 1.73. The van der Waals surface area contributed by atoms with Crippen LogP contribution in [0.1, 0.15) is 10.6 Å². The Kier molecular flexibility index (Phi) is 3.65. The summed E-state index contributed by atoms with van der Waals surface area (Å²) in [4.78, 5) is 0.743. The van der Waals surface area contributed by atoms with E-state index in [1.54, 1.807) is 4.52 Å². The summed E-state index contributed by atoms with van der Waals surface area (Å²) in [6, 6.07) is 17.7. The van der Waals surface area contributed by atoms with Gasteiger partial charge < -0.3 is 0 Å². The lowest BCUT2D eigenvalue weighted by Gasteiger charge is -1.98. The van der Waals surface area contributed by atoms with Crippen LogP contribution in [0.4, 0.5) is 0 Å². The minimum atomic E-state index is 0.635. The van der Waals surface area contributed by atoms with Gasteiger partial charge in [0.15, 0.2) is 5.82 Å². The van der Waals surface area contributed by atoms with E-state index in [4.69, 9.17) is 11.6 Å². The van der Waals surface area contributed by atoms with Crippen LogP contribution in [-0.2, 0) is 0 Å². The first-order valence-electron chi connectivity index (χ1n) is 7.01. The molecule has 0 atom stereocenters. The van der Waals surface area contributed by atoms with Gasteiger partial charge in [-0.05, 0) is 23.8 Å². The van der Waals surface area contributed by atoms with E-state index in [2.05, 4.69) is 15.3 Å². The van der Waals surface area contributed by atoms with Gasteiger partial charge in [0.25, 0.3) is 0 Å². The Morgan fingerprint density at radius 1 is 0.913 bits per heavy atom. The van der Waals surface area contributed by atoms with Crippen molar-refractivity contribution in [3.63, 3.8) is 0 Å². The minimum Gasteiger partial charge on any atom is -0.182 e. The molecule has 0 N–H and O–H groups in total. The second-order valence-corrected chi connectivity index (χ2v) is 6.28. The van der Waals surface area contributed by atoms with Gasteiger partial charge in [0.1, 0.15) is 5.01 Å². The van der Waals surface area contributed by atoms with Gasteiger partial charge in [0, 0.05) is 5.56 Å². The first kappa shape index (κ1) is 14.1. The SMILES string of the molecule is Clc1ccccc1-c1nnc2sc(/C=C\c3ccccc3)nn12. The highest BCUT2D eigenvalue weighted by Crippen LogP contribution is 2.28. The van der Waals surface area contributed by atoms with Gasteiger partial charge in [0.2, 0.25) is 4.96 Å². The van der Waals surface area contributed by atoms with E-state index >= 15 is 0 Å². The van der Waals surface area contributed by atoms with E-state index in [9.17, 15) is 0 Å². The van der Waals surface area contributed by atoms with Crippen LogP contribution in [0.25, 0.3) is 28.5 Å². The third-order valence-corrected chi connectivity index (χ3v) is 4.53. The lowest BCUT2D eigenvalue weighted by Crippen LogP contribution is -1.91. The molecule has 2 aromatic heterocycles. The fourth-order valence-corrected chi connectivity index (χ4v) is 3.20. The first-order valence-corrected chi connectivity index (χ1v) is 8.21. The van der Waals surface area contributed by atoms with Crippen molar-refractivity contribution < 1.29 is 0 Å². The van der Waals surface area contributed by atoms with Gasteiger partial charge in [-0.1, -0.05) is 71.5 Å². The molecule has 0 aliphatic rings. The summed E-state index contributed by atoms with van der Waals surface area (Å²) in [6.07, 6.45) is 4.01. The zero-order chi connectivity index (χ0) is 15.6. The average molecular weight is 339 g/mol. The molecule has 4 aromatic rings. The maximum absolute atomic E-state index is 6.24. The number of fused-ring (bicyclic) bond motifs is 1. The molecule has 0 radical (unpaired) electrons. The fourth-order valence-electron chi connectivity index (χ4n) is 2.24. The summed E-state index contributed by atoms with van der Waals surface area (Å²) in [6.45, 7) is 0. The summed E-state index contributed by atoms with van der Waals surface area (Å²) < 4.78 is 1.73. The van der Waals surface area contributed by atoms with E-state index in [1.165, 1.54) is 11.3 Å². The predicted molar refractivity (Wildman–Crippen MR) is 94.5 cm³/mol. The Morgan fingerprint density at radius 3 is 2.52 bits per heavy atom. The highest BCUT2D eigenvalue weighted by Gasteiger charge is 2.14. The molecule has 0 saturated carbocycles. The maximum Gasteiger partial charge on any atom is 0.235 e. The molecule has 2 heterocycles. The van der Waals surface area contributed by atoms with Crippen LogP contribution in [0.3, 0.4) is 0 Å². The molecular formula is C17H11ClN4S. The van der Waals surface area contributed by atoms with Gasteiger partial charge in [-0.15, -0.1) is 10.2 Å². The first-order chi connectivity index (χ1) is 11.3. The topological polar surface area (TPSA) is 43.1 Å². The summed E-state index contributed by atoms with van der Waals surface area (Å²) in [5.74, 6) is 0.654. The molecule has 0 bridgehead atoms. The fraction of sp³-hybridized carbons (Fsp3) is 0. The predicted octanol–water partition coefficient (Wildman–Crippen LogP) is 4.68. The van der Waals surface area contributed by atoms with Gasteiger partial charge in [-0.2, -0.15) is 9.61 Å². The number of hydrogen-bond donors (Lipinski definition) is 0. The highest BCUT2D eigenvalue weighted by atomic mass is 35.5. The number of hydrogen-bond acceptors (Lipinski definition) is 4. The molecule has 23 heavy (non-hydrogen) atoms. The molecule has 0 aliphatic heterocycles. The molecule has 0 fully saturated rings. The third kappa shape index (κ3) is 2.76. The van der Waals surface area contributed by atoms with Crippen LogP contribution in [0, 0.1) is 0 Å². The largest absolute Gasteiger partial charge is 0.235 e. The number of benzene rings is 2. The van der Waals surface area contributed by atoms with E-state index in [-0.39, 0.29) is 0 Å². The molecule has 4 rings (SSSR count). The number of rotatable bonds is 3. The van der Waals surface area contributed by atoms with Crippen molar-refractivity contribution in [2.75, 3.05) is 0 Å². The van der Waals surface area contributed by atoms with Crippen LogP contribution >= 0.6 is 22.9 Å². The molecule has 4 nitrogen and oxygen atoms in total. The number of nitrogens with zero attached hydrogens (tertiary/aromatic N) is 4. The second-order valence-electron chi connectivity index (χ2n) is 4.88. The van der Waals surface area contributed by atoms with E-state index in [0.29, 0.717) is 10.8 Å². The van der Waals surface area contributed by atoms with Crippen molar-refractivity contribution in [1.29, 1.82) is 0 Å². The second kappa shape index (κ2) is 5.95. The number of aromatic nitrogens is 4. The van der Waals surface area contributed by atoms with Gasteiger partial charge >= 0.3 is 0 Å². The van der Waals surface area contributed by atoms with E-state index in [1.807, 2.05) is 66.7 Å². The van der Waals surface area contributed by atoms with Crippen molar-refractivity contribution >= 4 is 40.1 Å². The van der Waals surface area contributed by atoms with Crippen molar-refractivity contribution in [2.24, 2.45) is 0 Å². The monoisotopic (exact) mass is 338 g/mol. The Morgan fingerprint density at radius 2 is 1.70 bits per heavy atom. The molecule has 0 unspecified atom stereocenters. The third-order valence-electron chi connectivity index (χ3n) is 3.34. The summed E-state index contributed by atoms with van der Waals surface area (Å²) >= 11 is 7.73. The Bertz CT molecular complexity index is 988. The van der Waals surface area contributed by atoms with Gasteiger partial charge in [0.05, 0.1) is 5.02 Å². The molecule has 0 amide bonds. The quantitative estimate of drug-likeness (QED) is 0.545. The smallest absolute Gasteiger partial charge is 0.182 e. The zero-order valence-corrected chi connectivity index (χ0v) is 13.5. The Hall–Kier alpha value is -2.50. The normalized spacial score (nSPS) is 11.5. The maximum atomic E-state index is 6.24. The molecule has 112 valence electrons. The average Bonchev–Trinajstić information content (AvgIpc) is 3.15. The van der Waals surface area contributed by atoms with Crippen molar-refractivity contribution in [3.05, 3.63) is 70.2 Å². The minimum absolute atomic E-state index is 0.635. The molecule has 2 aromatic carbocycles. The Labute approximate surface area is 141 Å². The van der Waals surface area contributed by atoms with Crippen LogP contribution in [-0.4, -0.2) is 19.8 Å². The van der Waals surface area contributed by atoms with Crippen molar-refractivity contribution in [1.82, 2.24) is 19.8 Å². The van der Waals surface area contributed by atoms with Gasteiger partial charge in [-0.25, -0.2) is 0 Å². The molecule has 6 heteroatoms. The van der Waals surface area contributed by atoms with Crippen LogP contribution in [0.2, 0.25) is 5.02 Å². The lowest BCUT2D eigenvalue weighted by molar-refractivity contribution is 0.960. The van der Waals surface area contributed by atoms with Crippen LogP contribution < -0.4 is 0 Å². The van der Waals surface area contributed by atoms with Gasteiger partial charge in [-0.3, -0.25) is 0 Å². The summed E-state index contributed by atoms with van der Waals surface area (Å²) in [5, 5.41) is 14.5. The van der Waals surface area contributed by atoms with Crippen LogP contribution in [0.15, 0.2) is 54.6 Å². The van der Waals surface area contributed by atoms with Crippen molar-refractivity contribution in [2.45, 2.75) is 0 Å². The standard InChI is InChI=1S/C17H11ClN4S/c18-14-9-5-4-8-13(14)16-19-20-17-22(16)21-15(23-17)11-10-12-6-2-1-3-7-12/h1-11H/b11-10-. The van der Waals surface area contributed by atoms with Crippen molar-refractivity contribution in [3.8, 4) is 11.4 Å². The number of halogens is 1. The molecule has 0 spiro atoms. The molecular weight excluding hydrogens is 328 g/mol. The summed E-state index contributed by atoms with van der Waals surface area (Å²) in [5.41, 5.74) is 1.95. The zero-order valence-electron chi connectivity index (χ0n) is 11.9. The highest BCUT2D eigenvalue weighted by molar-refractivity contribution is 7.17. The van der Waals surface area contributed by atoms with E-state index in [0.717, 1.165) is 21.1 Å².